The number of hydrogen-bond acceptors (Lipinski definition) is 3. The Morgan fingerprint density at radius 1 is 0.973 bits per heavy atom. The highest BCUT2D eigenvalue weighted by Crippen LogP contribution is 2.41. The van der Waals surface area contributed by atoms with E-state index < -0.39 is 23.4 Å². The Balaban J connectivity index is 1.33. The van der Waals surface area contributed by atoms with Gasteiger partial charge in [-0.25, -0.2) is 8.78 Å². The van der Waals surface area contributed by atoms with Crippen LogP contribution < -0.4 is 15.0 Å². The van der Waals surface area contributed by atoms with Crippen molar-refractivity contribution in [2.45, 2.75) is 31.7 Å². The molecule has 8 heteroatoms. The van der Waals surface area contributed by atoms with E-state index >= 15 is 0 Å². The van der Waals surface area contributed by atoms with E-state index in [0.717, 1.165) is 11.5 Å². The van der Waals surface area contributed by atoms with Crippen LogP contribution in [0.3, 0.4) is 0 Å². The van der Waals surface area contributed by atoms with Crippen molar-refractivity contribution in [1.29, 1.82) is 0 Å². The number of hydrogen-bond donors (Lipinski definition) is 1. The molecule has 192 valence electrons. The molecule has 4 aromatic carbocycles. The van der Waals surface area contributed by atoms with Crippen molar-refractivity contribution in [1.82, 2.24) is 5.32 Å². The number of fused-ring (bicyclic) bond motifs is 2. The van der Waals surface area contributed by atoms with E-state index in [1.165, 1.54) is 35.2 Å². The van der Waals surface area contributed by atoms with E-state index in [0.29, 0.717) is 30.5 Å². The first-order valence-electron chi connectivity index (χ1n) is 12.0. The van der Waals surface area contributed by atoms with Gasteiger partial charge in [-0.05, 0) is 66.6 Å². The van der Waals surface area contributed by atoms with Crippen molar-refractivity contribution in [3.63, 3.8) is 0 Å². The summed E-state index contributed by atoms with van der Waals surface area (Å²) in [4.78, 5) is 1.60. The maximum Gasteiger partial charge on any atom is 0.419 e. The molecule has 0 saturated heterocycles. The predicted octanol–water partition coefficient (Wildman–Crippen LogP) is 7.78. The summed E-state index contributed by atoms with van der Waals surface area (Å²) < 4.78 is 73.6. The van der Waals surface area contributed by atoms with Gasteiger partial charge >= 0.3 is 6.18 Å². The fourth-order valence-corrected chi connectivity index (χ4v) is 4.82. The van der Waals surface area contributed by atoms with E-state index in [-0.39, 0.29) is 24.4 Å². The molecule has 4 aromatic rings. The van der Waals surface area contributed by atoms with Gasteiger partial charge in [0, 0.05) is 17.8 Å². The van der Waals surface area contributed by atoms with Gasteiger partial charge < -0.3 is 15.0 Å². The van der Waals surface area contributed by atoms with Gasteiger partial charge in [-0.15, -0.1) is 0 Å². The third-order valence-electron chi connectivity index (χ3n) is 6.67. The minimum Gasteiger partial charge on any atom is -0.486 e. The van der Waals surface area contributed by atoms with Crippen molar-refractivity contribution in [2.75, 3.05) is 18.0 Å². The van der Waals surface area contributed by atoms with Crippen LogP contribution >= 0.6 is 0 Å². The quantitative estimate of drug-likeness (QED) is 0.267. The van der Waals surface area contributed by atoms with E-state index in [1.54, 1.807) is 4.90 Å². The van der Waals surface area contributed by atoms with Crippen LogP contribution in [-0.2, 0) is 6.18 Å². The molecule has 5 rings (SSSR count). The Bertz CT molecular complexity index is 1420. The highest BCUT2D eigenvalue weighted by molar-refractivity contribution is 5.86. The standard InChI is InChI=1S/C29H25F5N2O/c1-18(23-8-4-6-19-5-2-3-7-24(19)23)35-14-13-22-17-36(27-15-20(30)9-12-28(27)37-22)21-10-11-25(26(31)16-21)29(32,33)34/h2-12,15-16,18,22,35H,13-14,17H2,1H3. The van der Waals surface area contributed by atoms with Crippen LogP contribution in [0.1, 0.15) is 30.5 Å². The van der Waals surface area contributed by atoms with Gasteiger partial charge in [0.15, 0.2) is 0 Å². The van der Waals surface area contributed by atoms with E-state index in [1.807, 2.05) is 18.2 Å². The van der Waals surface area contributed by atoms with Crippen LogP contribution in [0, 0.1) is 11.6 Å². The maximum atomic E-state index is 14.4. The summed E-state index contributed by atoms with van der Waals surface area (Å²) in [7, 11) is 0. The van der Waals surface area contributed by atoms with Crippen LogP contribution in [0.15, 0.2) is 78.9 Å². The lowest BCUT2D eigenvalue weighted by atomic mass is 9.99. The Morgan fingerprint density at radius 2 is 1.76 bits per heavy atom. The summed E-state index contributed by atoms with van der Waals surface area (Å²) >= 11 is 0. The second kappa shape index (κ2) is 10.0. The second-order valence-corrected chi connectivity index (χ2v) is 9.16. The summed E-state index contributed by atoms with van der Waals surface area (Å²) in [6, 6.07) is 21.1. The maximum absolute atomic E-state index is 14.4. The van der Waals surface area contributed by atoms with Gasteiger partial charge in [0.1, 0.15) is 23.5 Å². The van der Waals surface area contributed by atoms with Crippen LogP contribution in [0.25, 0.3) is 10.8 Å². The minimum atomic E-state index is -4.80. The Kier molecular flexibility index (Phi) is 6.77. The summed E-state index contributed by atoms with van der Waals surface area (Å²) in [5.41, 5.74) is 0.368. The molecule has 37 heavy (non-hydrogen) atoms. The minimum absolute atomic E-state index is 0.0659. The van der Waals surface area contributed by atoms with Gasteiger partial charge in [-0.2, -0.15) is 13.2 Å². The number of ether oxygens (including phenoxy) is 1. The molecule has 0 fully saturated rings. The highest BCUT2D eigenvalue weighted by Gasteiger charge is 2.35. The molecule has 1 aliphatic heterocycles. The number of halogens is 5. The van der Waals surface area contributed by atoms with Gasteiger partial charge in [0.2, 0.25) is 0 Å². The topological polar surface area (TPSA) is 24.5 Å². The molecule has 0 saturated carbocycles. The second-order valence-electron chi connectivity index (χ2n) is 9.16. The predicted molar refractivity (Wildman–Crippen MR) is 134 cm³/mol. The first-order valence-corrected chi connectivity index (χ1v) is 12.0. The molecule has 0 spiro atoms. The van der Waals surface area contributed by atoms with Crippen molar-refractivity contribution in [3.8, 4) is 5.75 Å². The van der Waals surface area contributed by atoms with Gasteiger partial charge in [-0.3, -0.25) is 0 Å². The normalized spacial score (nSPS) is 16.4. The number of benzene rings is 4. The fourth-order valence-electron chi connectivity index (χ4n) is 4.82. The van der Waals surface area contributed by atoms with Crippen molar-refractivity contribution < 1.29 is 26.7 Å². The SMILES string of the molecule is CC(NCCC1CN(c2ccc(C(F)(F)F)c(F)c2)c2cc(F)ccc2O1)c1cccc2ccccc12. The first kappa shape index (κ1) is 25.0. The monoisotopic (exact) mass is 512 g/mol. The van der Waals surface area contributed by atoms with Crippen LogP contribution in [0.2, 0.25) is 0 Å². The molecule has 2 unspecified atom stereocenters. The van der Waals surface area contributed by atoms with Crippen molar-refractivity contribution >= 4 is 22.1 Å². The van der Waals surface area contributed by atoms with Crippen molar-refractivity contribution in [2.24, 2.45) is 0 Å². The zero-order valence-electron chi connectivity index (χ0n) is 20.0. The molecule has 0 radical (unpaired) electrons. The van der Waals surface area contributed by atoms with Gasteiger partial charge in [-0.1, -0.05) is 42.5 Å². The van der Waals surface area contributed by atoms with E-state index in [9.17, 15) is 22.0 Å². The third kappa shape index (κ3) is 5.25. The van der Waals surface area contributed by atoms with Gasteiger partial charge in [0.25, 0.3) is 0 Å². The molecular formula is C29H25F5N2O. The number of nitrogens with zero attached hydrogens (tertiary/aromatic N) is 1. The summed E-state index contributed by atoms with van der Waals surface area (Å²) in [6.07, 6.45) is -4.58. The lowest BCUT2D eigenvalue weighted by molar-refractivity contribution is -0.139. The van der Waals surface area contributed by atoms with Crippen LogP contribution in [0.4, 0.5) is 33.3 Å². The Morgan fingerprint density at radius 3 is 2.54 bits per heavy atom. The first-order chi connectivity index (χ1) is 17.7. The molecule has 1 N–H and O–H groups in total. The zero-order chi connectivity index (χ0) is 26.2. The fraction of sp³-hybridized carbons (Fsp3) is 0.241. The molecule has 1 heterocycles. The molecular weight excluding hydrogens is 487 g/mol. The largest absolute Gasteiger partial charge is 0.486 e. The molecule has 0 amide bonds. The zero-order valence-corrected chi connectivity index (χ0v) is 20.0. The molecule has 2 atom stereocenters. The van der Waals surface area contributed by atoms with Crippen molar-refractivity contribution in [3.05, 3.63) is 102 Å². The number of nitrogens with one attached hydrogen (secondary N) is 1. The number of anilines is 2. The van der Waals surface area contributed by atoms with E-state index in [4.69, 9.17) is 4.74 Å². The lowest BCUT2D eigenvalue weighted by Crippen LogP contribution is -2.39. The van der Waals surface area contributed by atoms with E-state index in [2.05, 4.69) is 36.5 Å². The molecule has 1 aliphatic rings. The van der Waals surface area contributed by atoms with Crippen LogP contribution in [-0.4, -0.2) is 19.2 Å². The average molecular weight is 513 g/mol. The smallest absolute Gasteiger partial charge is 0.419 e. The molecule has 0 bridgehead atoms. The summed E-state index contributed by atoms with van der Waals surface area (Å²) in [6.45, 7) is 2.91. The summed E-state index contributed by atoms with van der Waals surface area (Å²) in [5.74, 6) is -1.51. The lowest BCUT2D eigenvalue weighted by Gasteiger charge is -2.36. The molecule has 3 nitrogen and oxygen atoms in total. The summed E-state index contributed by atoms with van der Waals surface area (Å²) in [5, 5.41) is 5.85. The average Bonchev–Trinajstić information content (AvgIpc) is 2.87. The van der Waals surface area contributed by atoms with Crippen LogP contribution in [0.5, 0.6) is 5.75 Å². The number of alkyl halides is 3. The molecule has 0 aliphatic carbocycles. The Labute approximate surface area is 211 Å². The Hall–Kier alpha value is -3.65. The molecule has 0 aromatic heterocycles. The third-order valence-corrected chi connectivity index (χ3v) is 6.67. The highest BCUT2D eigenvalue weighted by atomic mass is 19.4. The van der Waals surface area contributed by atoms with Gasteiger partial charge in [0.05, 0.1) is 17.8 Å². The number of rotatable bonds is 6.